The van der Waals surface area contributed by atoms with E-state index in [2.05, 4.69) is 5.32 Å². The predicted molar refractivity (Wildman–Crippen MR) is 74.9 cm³/mol. The zero-order chi connectivity index (χ0) is 14.5. The van der Waals surface area contributed by atoms with Crippen molar-refractivity contribution in [2.45, 2.75) is 13.0 Å². The third kappa shape index (κ3) is 3.33. The predicted octanol–water partition coefficient (Wildman–Crippen LogP) is 3.67. The van der Waals surface area contributed by atoms with Crippen LogP contribution < -0.4 is 10.1 Å². The fraction of sp³-hybridized carbons (Fsp3) is 0.250. The summed E-state index contributed by atoms with van der Waals surface area (Å²) in [6.45, 7) is 2.48. The Kier molecular flexibility index (Phi) is 4.69. The van der Waals surface area contributed by atoms with Gasteiger partial charge in [-0.25, -0.2) is 8.78 Å². The molecule has 0 aliphatic carbocycles. The Morgan fingerprint density at radius 2 is 1.75 bits per heavy atom. The van der Waals surface area contributed by atoms with Gasteiger partial charge >= 0.3 is 0 Å². The summed E-state index contributed by atoms with van der Waals surface area (Å²) in [5, 5.41) is 3.07. The highest BCUT2D eigenvalue weighted by Crippen LogP contribution is 2.26. The van der Waals surface area contributed by atoms with Gasteiger partial charge in [-0.2, -0.15) is 0 Å². The smallest absolute Gasteiger partial charge is 0.126 e. The van der Waals surface area contributed by atoms with Crippen LogP contribution in [0, 0.1) is 11.6 Å². The van der Waals surface area contributed by atoms with Crippen LogP contribution in [0.25, 0.3) is 0 Å². The number of rotatable bonds is 5. The topological polar surface area (TPSA) is 21.3 Å². The van der Waals surface area contributed by atoms with Crippen molar-refractivity contribution in [2.24, 2.45) is 0 Å². The van der Waals surface area contributed by atoms with Gasteiger partial charge in [-0.05, 0) is 49.4 Å². The van der Waals surface area contributed by atoms with Gasteiger partial charge in [0.1, 0.15) is 17.4 Å². The third-order valence-electron chi connectivity index (χ3n) is 3.01. The third-order valence-corrected chi connectivity index (χ3v) is 3.01. The largest absolute Gasteiger partial charge is 0.494 e. The van der Waals surface area contributed by atoms with Gasteiger partial charge in [-0.3, -0.25) is 0 Å². The molecule has 0 saturated heterocycles. The molecule has 2 rings (SSSR count). The van der Waals surface area contributed by atoms with Crippen LogP contribution in [0.2, 0.25) is 0 Å². The molecule has 0 amide bonds. The molecule has 0 radical (unpaired) electrons. The Bertz CT molecular complexity index is 566. The summed E-state index contributed by atoms with van der Waals surface area (Å²) in [7, 11) is 1.75. The van der Waals surface area contributed by atoms with Crippen molar-refractivity contribution < 1.29 is 13.5 Å². The fourth-order valence-corrected chi connectivity index (χ4v) is 2.22. The summed E-state index contributed by atoms with van der Waals surface area (Å²) in [5.74, 6) is -0.426. The van der Waals surface area contributed by atoms with E-state index < -0.39 is 11.6 Å². The molecule has 20 heavy (non-hydrogen) atoms. The molecule has 0 spiro atoms. The average Bonchev–Trinajstić information content (AvgIpc) is 2.39. The van der Waals surface area contributed by atoms with Crippen molar-refractivity contribution in [3.8, 4) is 5.75 Å². The minimum absolute atomic E-state index is 0.291. The first-order valence-electron chi connectivity index (χ1n) is 6.50. The Balaban J connectivity index is 2.38. The van der Waals surface area contributed by atoms with Gasteiger partial charge in [0, 0.05) is 6.07 Å². The number of hydrogen-bond donors (Lipinski definition) is 1. The Hall–Kier alpha value is -1.94. The maximum absolute atomic E-state index is 13.3. The molecule has 2 nitrogen and oxygen atoms in total. The Morgan fingerprint density at radius 1 is 1.05 bits per heavy atom. The number of halogens is 2. The highest BCUT2D eigenvalue weighted by Gasteiger charge is 2.14. The van der Waals surface area contributed by atoms with E-state index in [1.54, 1.807) is 7.05 Å². The summed E-state index contributed by atoms with van der Waals surface area (Å²) in [6.07, 6.45) is 0. The van der Waals surface area contributed by atoms with Crippen LogP contribution in [0.4, 0.5) is 8.78 Å². The minimum atomic E-state index is -0.582. The van der Waals surface area contributed by atoms with Gasteiger partial charge in [0.15, 0.2) is 0 Å². The standard InChI is InChI=1S/C16H17F2NO/c1-3-20-15-6-4-5-11(9-15)16(19-2)12-7-13(17)10-14(18)8-12/h4-10,16,19H,3H2,1-2H3. The second kappa shape index (κ2) is 6.48. The number of hydrogen-bond acceptors (Lipinski definition) is 2. The highest BCUT2D eigenvalue weighted by molar-refractivity contribution is 5.37. The van der Waals surface area contributed by atoms with Crippen molar-refractivity contribution in [2.75, 3.05) is 13.7 Å². The second-order valence-corrected chi connectivity index (χ2v) is 4.43. The van der Waals surface area contributed by atoms with Crippen LogP contribution in [0.15, 0.2) is 42.5 Å². The normalized spacial score (nSPS) is 12.2. The van der Waals surface area contributed by atoms with E-state index in [1.165, 1.54) is 12.1 Å². The fourth-order valence-electron chi connectivity index (χ4n) is 2.22. The van der Waals surface area contributed by atoms with Crippen molar-refractivity contribution in [3.05, 3.63) is 65.2 Å². The lowest BCUT2D eigenvalue weighted by Crippen LogP contribution is -2.18. The first-order chi connectivity index (χ1) is 9.63. The van der Waals surface area contributed by atoms with Gasteiger partial charge in [-0.15, -0.1) is 0 Å². The number of ether oxygens (including phenoxy) is 1. The van der Waals surface area contributed by atoms with Crippen molar-refractivity contribution in [3.63, 3.8) is 0 Å². The molecule has 1 N–H and O–H groups in total. The average molecular weight is 277 g/mol. The summed E-state index contributed by atoms with van der Waals surface area (Å²) in [6, 6.07) is 10.7. The lowest BCUT2D eigenvalue weighted by atomic mass is 9.98. The molecule has 106 valence electrons. The zero-order valence-electron chi connectivity index (χ0n) is 11.5. The van der Waals surface area contributed by atoms with E-state index in [4.69, 9.17) is 4.74 Å². The van der Waals surface area contributed by atoms with E-state index in [-0.39, 0.29) is 6.04 Å². The molecule has 2 aromatic carbocycles. The SMILES string of the molecule is CCOc1cccc(C(NC)c2cc(F)cc(F)c2)c1. The maximum Gasteiger partial charge on any atom is 0.126 e. The number of nitrogens with one attached hydrogen (secondary N) is 1. The molecule has 2 aromatic rings. The lowest BCUT2D eigenvalue weighted by Gasteiger charge is -2.18. The second-order valence-electron chi connectivity index (χ2n) is 4.43. The molecule has 0 heterocycles. The molecular weight excluding hydrogens is 260 g/mol. The maximum atomic E-state index is 13.3. The van der Waals surface area contributed by atoms with Gasteiger partial charge in [0.2, 0.25) is 0 Å². The van der Waals surface area contributed by atoms with Gasteiger partial charge in [0.25, 0.3) is 0 Å². The van der Waals surface area contributed by atoms with Crippen molar-refractivity contribution >= 4 is 0 Å². The summed E-state index contributed by atoms with van der Waals surface area (Å²) < 4.78 is 32.1. The Labute approximate surface area is 117 Å². The quantitative estimate of drug-likeness (QED) is 0.900. The Morgan fingerprint density at radius 3 is 2.35 bits per heavy atom. The molecule has 4 heteroatoms. The van der Waals surface area contributed by atoms with Crippen LogP contribution in [0.5, 0.6) is 5.75 Å². The van der Waals surface area contributed by atoms with Crippen LogP contribution in [-0.4, -0.2) is 13.7 Å². The summed E-state index contributed by atoms with van der Waals surface area (Å²) in [4.78, 5) is 0. The molecule has 1 unspecified atom stereocenters. The number of benzene rings is 2. The van der Waals surface area contributed by atoms with Gasteiger partial charge in [0.05, 0.1) is 12.6 Å². The van der Waals surface area contributed by atoms with E-state index in [1.807, 2.05) is 31.2 Å². The van der Waals surface area contributed by atoms with Crippen LogP contribution in [0.1, 0.15) is 24.1 Å². The molecular formula is C16H17F2NO. The highest BCUT2D eigenvalue weighted by atomic mass is 19.1. The summed E-state index contributed by atoms with van der Waals surface area (Å²) >= 11 is 0. The van der Waals surface area contributed by atoms with E-state index >= 15 is 0 Å². The van der Waals surface area contributed by atoms with Crippen molar-refractivity contribution in [1.29, 1.82) is 0 Å². The van der Waals surface area contributed by atoms with Gasteiger partial charge < -0.3 is 10.1 Å². The molecule has 0 fully saturated rings. The lowest BCUT2D eigenvalue weighted by molar-refractivity contribution is 0.339. The first-order valence-corrected chi connectivity index (χ1v) is 6.50. The van der Waals surface area contributed by atoms with Crippen LogP contribution in [-0.2, 0) is 0 Å². The zero-order valence-corrected chi connectivity index (χ0v) is 11.5. The van der Waals surface area contributed by atoms with E-state index in [9.17, 15) is 8.78 Å². The van der Waals surface area contributed by atoms with E-state index in [0.717, 1.165) is 17.4 Å². The molecule has 0 aromatic heterocycles. The summed E-state index contributed by atoms with van der Waals surface area (Å²) in [5.41, 5.74) is 1.43. The van der Waals surface area contributed by atoms with Crippen LogP contribution in [0.3, 0.4) is 0 Å². The van der Waals surface area contributed by atoms with Gasteiger partial charge in [-0.1, -0.05) is 12.1 Å². The van der Waals surface area contributed by atoms with E-state index in [0.29, 0.717) is 12.2 Å². The van der Waals surface area contributed by atoms with Crippen molar-refractivity contribution in [1.82, 2.24) is 5.32 Å². The minimum Gasteiger partial charge on any atom is -0.494 e. The molecule has 1 atom stereocenters. The first kappa shape index (κ1) is 14.5. The molecule has 0 aliphatic heterocycles. The molecule has 0 aliphatic rings. The molecule has 0 bridgehead atoms. The molecule has 0 saturated carbocycles. The van der Waals surface area contributed by atoms with Crippen LogP contribution >= 0.6 is 0 Å². The monoisotopic (exact) mass is 277 g/mol.